The number of rotatable bonds is 10. The second kappa shape index (κ2) is 15.2. The molecule has 0 saturated carbocycles. The van der Waals surface area contributed by atoms with Crippen LogP contribution in [-0.2, 0) is 13.6 Å². The molecule has 0 heterocycles. The molecule has 0 spiro atoms. The van der Waals surface area contributed by atoms with Gasteiger partial charge in [0.05, 0.1) is 13.2 Å². The number of hydrogen-bond acceptors (Lipinski definition) is 3. The highest BCUT2D eigenvalue weighted by Crippen LogP contribution is 2.58. The van der Waals surface area contributed by atoms with Crippen LogP contribution < -0.4 is 37.1 Å². The van der Waals surface area contributed by atoms with E-state index in [2.05, 4.69) is 84.9 Å². The molecule has 0 fully saturated rings. The lowest BCUT2D eigenvalue weighted by Gasteiger charge is -2.30. The summed E-state index contributed by atoms with van der Waals surface area (Å²) in [6, 6.07) is 41.9. The average molecular weight is 702 g/mol. The Morgan fingerprint density at radius 3 is 1.23 bits per heavy atom. The van der Waals surface area contributed by atoms with Crippen molar-refractivity contribution in [2.24, 2.45) is 0 Å². The monoisotopic (exact) mass is 702 g/mol. The lowest BCUT2D eigenvalue weighted by Crippen LogP contribution is -3.64. The summed E-state index contributed by atoms with van der Waals surface area (Å²) in [5, 5.41) is 3.47. The van der Waals surface area contributed by atoms with Gasteiger partial charge in [0, 0.05) is 6.89 Å². The minimum atomic E-state index is -6.00. The summed E-state index contributed by atoms with van der Waals surface area (Å²) < 4.78 is 68.2. The molecule has 4 aromatic carbocycles. The maximum absolute atomic E-state index is 14.9. The molecule has 0 aliphatic rings. The van der Waals surface area contributed by atoms with Gasteiger partial charge in [0.25, 0.3) is 3.04 Å². The molecule has 0 amide bonds. The first-order valence-electron chi connectivity index (χ1n) is 12.6. The topological polar surface area (TPSA) is 35.5 Å². The van der Waals surface area contributed by atoms with Gasteiger partial charge in [-0.25, -0.2) is 0 Å². The first-order chi connectivity index (χ1) is 19.1. The minimum absolute atomic E-state index is 0.317. The number of halogens is 5. The molecule has 0 unspecified atom stereocenters. The van der Waals surface area contributed by atoms with Gasteiger partial charge in [0.2, 0.25) is 0 Å². The van der Waals surface area contributed by atoms with Crippen LogP contribution in [0.4, 0.5) is 17.3 Å². The van der Waals surface area contributed by atoms with Crippen LogP contribution >= 0.6 is 14.5 Å². The molecular weight excluding hydrogens is 672 g/mol. The summed E-state index contributed by atoms with van der Waals surface area (Å²) in [4.78, 5) is 0. The third-order valence-electron chi connectivity index (χ3n) is 5.46. The largest absolute Gasteiger partial charge is 0.673 e. The Labute approximate surface area is 243 Å². The van der Waals surface area contributed by atoms with Crippen molar-refractivity contribution in [2.45, 2.75) is 13.8 Å². The van der Waals surface area contributed by atoms with Crippen LogP contribution in [0.15, 0.2) is 121 Å². The van der Waals surface area contributed by atoms with E-state index >= 15 is 0 Å². The molecule has 11 heteroatoms. The smallest absolute Gasteiger partial charge is 0.418 e. The van der Waals surface area contributed by atoms with Gasteiger partial charge in [-0.15, -0.1) is 0 Å². The van der Waals surface area contributed by atoms with Crippen molar-refractivity contribution in [3.63, 3.8) is 0 Å². The minimum Gasteiger partial charge on any atom is -0.418 e. The first kappa shape index (κ1) is 32.4. The van der Waals surface area contributed by atoms with Gasteiger partial charge in [-0.3, -0.25) is 4.57 Å². The highest BCUT2D eigenvalue weighted by atomic mass is 127. The molecule has 0 aliphatic carbocycles. The molecule has 4 rings (SSSR count). The number of hydrogen-bond donors (Lipinski definition) is 0. The van der Waals surface area contributed by atoms with Crippen molar-refractivity contribution < 1.29 is 52.1 Å². The molecule has 40 heavy (non-hydrogen) atoms. The van der Waals surface area contributed by atoms with Gasteiger partial charge in [-0.1, -0.05) is 109 Å². The fourth-order valence-corrected chi connectivity index (χ4v) is 19.5. The second-order valence-corrected chi connectivity index (χ2v) is 18.4. The SMILES string of the molecule is CCOP(=O)(OCC)C([I+]c1ccccc1)=P(c1ccccc1)(c1ccccc1)c1ccccc1.F[B-](F)(F)F. The lowest BCUT2D eigenvalue weighted by atomic mass is 10.3. The highest BCUT2D eigenvalue weighted by molar-refractivity contribution is 8.05. The third-order valence-corrected chi connectivity index (χ3v) is 19.4. The third kappa shape index (κ3) is 8.43. The molecule has 0 aromatic heterocycles. The van der Waals surface area contributed by atoms with Crippen molar-refractivity contribution in [3.8, 4) is 0 Å². The average Bonchev–Trinajstić information content (AvgIpc) is 2.95. The normalized spacial score (nSPS) is 11.8. The molecule has 0 bridgehead atoms. The summed E-state index contributed by atoms with van der Waals surface area (Å²) in [6.45, 7) is 1.85. The van der Waals surface area contributed by atoms with Crippen molar-refractivity contribution >= 4 is 40.7 Å². The maximum Gasteiger partial charge on any atom is 0.673 e. The Kier molecular flexibility index (Phi) is 12.3. The molecule has 4 aromatic rings. The summed E-state index contributed by atoms with van der Waals surface area (Å²) in [5.41, 5.74) is 0. The molecule has 212 valence electrons. The van der Waals surface area contributed by atoms with Crippen LogP contribution in [0.1, 0.15) is 13.8 Å². The predicted octanol–water partition coefficient (Wildman–Crippen LogP) is 4.59. The molecule has 0 atom stereocenters. The van der Waals surface area contributed by atoms with E-state index in [4.69, 9.17) is 9.05 Å². The Bertz CT molecular complexity index is 1310. The Morgan fingerprint density at radius 1 is 0.625 bits per heavy atom. The van der Waals surface area contributed by atoms with E-state index in [9.17, 15) is 21.8 Å². The van der Waals surface area contributed by atoms with E-state index in [0.29, 0.717) is 13.2 Å². The zero-order valence-corrected chi connectivity index (χ0v) is 26.0. The molecule has 0 N–H and O–H groups in total. The van der Waals surface area contributed by atoms with E-state index in [0.717, 1.165) is 19.0 Å². The van der Waals surface area contributed by atoms with Crippen LogP contribution in [0.2, 0.25) is 0 Å². The molecule has 3 nitrogen and oxygen atoms in total. The van der Waals surface area contributed by atoms with Crippen molar-refractivity contribution in [1.82, 2.24) is 0 Å². The second-order valence-electron chi connectivity index (χ2n) is 8.16. The van der Waals surface area contributed by atoms with E-state index in [-0.39, 0.29) is 0 Å². The Morgan fingerprint density at radius 2 is 0.925 bits per heavy atom. The summed E-state index contributed by atoms with van der Waals surface area (Å²) >= 11 is -0.868. The molecule has 0 radical (unpaired) electrons. The molecule has 0 aliphatic heterocycles. The molecule has 0 saturated heterocycles. The fraction of sp³-hybridized carbons (Fsp3) is 0.138. The lowest BCUT2D eigenvalue weighted by molar-refractivity contribution is -0.499. The zero-order valence-electron chi connectivity index (χ0n) is 22.0. The van der Waals surface area contributed by atoms with Crippen molar-refractivity contribution in [3.05, 3.63) is 125 Å². The van der Waals surface area contributed by atoms with Crippen molar-refractivity contribution in [1.29, 1.82) is 0 Å². The number of benzene rings is 4. The van der Waals surface area contributed by atoms with Gasteiger partial charge in [0.15, 0.2) is 3.57 Å². The van der Waals surface area contributed by atoms with Gasteiger partial charge in [-0.2, -0.15) is 0 Å². The van der Waals surface area contributed by atoms with Crippen molar-refractivity contribution in [2.75, 3.05) is 13.2 Å². The van der Waals surface area contributed by atoms with Gasteiger partial charge in [-0.05, 0) is 41.9 Å². The summed E-state index contributed by atoms with van der Waals surface area (Å²) in [6.07, 6.45) is 0. The van der Waals surface area contributed by atoms with Crippen LogP contribution in [0.3, 0.4) is 0 Å². The Balaban J connectivity index is 0.000000810. The van der Waals surface area contributed by atoms with Crippen LogP contribution in [0.25, 0.3) is 0 Å². The summed E-state index contributed by atoms with van der Waals surface area (Å²) in [5.74, 6) is 0. The zero-order chi connectivity index (χ0) is 29.1. The van der Waals surface area contributed by atoms with Gasteiger partial charge >= 0.3 is 36.1 Å². The maximum atomic E-state index is 14.9. The van der Waals surface area contributed by atoms with Crippen LogP contribution in [0, 0.1) is 3.57 Å². The molecular formula is C29H30BF4IO3P2. The summed E-state index contributed by atoms with van der Waals surface area (Å²) in [7, 11) is -9.60. The van der Waals surface area contributed by atoms with E-state index < -0.39 is 42.9 Å². The van der Waals surface area contributed by atoms with Crippen LogP contribution in [0.5, 0.6) is 0 Å². The standard InChI is InChI=1S/C29H30IO3P2.BF4/c1-3-32-35(31,33-4-2)29(30-25-17-9-5-10-18-25)34(26-19-11-6-12-20-26,27-21-13-7-14-22-27)28-23-15-8-16-24-28;2-1(3,4)5/h5-24H,3-4H2,1-2H3;/q+1;-1. The van der Waals surface area contributed by atoms with Gasteiger partial charge < -0.3 is 26.3 Å². The fourth-order valence-electron chi connectivity index (χ4n) is 4.08. The van der Waals surface area contributed by atoms with E-state index in [1.54, 1.807) is 0 Å². The quantitative estimate of drug-likeness (QED) is 0.105. The van der Waals surface area contributed by atoms with E-state index in [1.807, 2.05) is 50.2 Å². The van der Waals surface area contributed by atoms with Gasteiger partial charge in [0.1, 0.15) is 0 Å². The first-order valence-corrected chi connectivity index (χ1v) is 18.0. The Hall–Kier alpha value is -2.16. The van der Waals surface area contributed by atoms with Crippen LogP contribution in [-0.4, -0.2) is 23.5 Å². The predicted molar refractivity (Wildman–Crippen MR) is 156 cm³/mol. The van der Waals surface area contributed by atoms with E-state index in [1.165, 1.54) is 3.57 Å². The highest BCUT2D eigenvalue weighted by Gasteiger charge is 2.50.